The van der Waals surface area contributed by atoms with Crippen LogP contribution in [0.15, 0.2) is 61.1 Å². The molecule has 0 saturated carbocycles. The Morgan fingerprint density at radius 1 is 1.00 bits per heavy atom. The van der Waals surface area contributed by atoms with Gasteiger partial charge in [0.05, 0.1) is 18.0 Å². The van der Waals surface area contributed by atoms with Crippen molar-refractivity contribution in [2.75, 3.05) is 38.1 Å². The molecular formula is C27H25N7. The van der Waals surface area contributed by atoms with E-state index in [2.05, 4.69) is 71.5 Å². The van der Waals surface area contributed by atoms with Crippen LogP contribution in [0, 0.1) is 12.0 Å². The standard InChI is InChI=1S/C27H25N7/c1-28-22-5-3-19(4-6-22)20-12-25-26-30-29-18-34(26)24-8-7-23(11-21(24)14-33(25)13-20)32-10-9-27(17-32)15-31(2)16-27/h3-8,11-13,18H,9-10,14-17H2,2H3. The van der Waals surface area contributed by atoms with Crippen molar-refractivity contribution in [3.05, 3.63) is 78.0 Å². The van der Waals surface area contributed by atoms with Crippen molar-refractivity contribution < 1.29 is 0 Å². The van der Waals surface area contributed by atoms with Crippen LogP contribution < -0.4 is 4.90 Å². The summed E-state index contributed by atoms with van der Waals surface area (Å²) >= 11 is 0. The van der Waals surface area contributed by atoms with Crippen LogP contribution in [0.5, 0.6) is 0 Å². The van der Waals surface area contributed by atoms with Gasteiger partial charge in [-0.3, -0.25) is 4.57 Å². The van der Waals surface area contributed by atoms with Crippen LogP contribution in [0.25, 0.3) is 33.2 Å². The van der Waals surface area contributed by atoms with Gasteiger partial charge >= 0.3 is 0 Å². The monoisotopic (exact) mass is 447 g/mol. The SMILES string of the molecule is [C-]#[N+]c1ccc(-c2cc3n(c2)Cc2cc(N4CCC5(CN(C)C5)C4)ccc2-n2cnnc2-3)cc1. The van der Waals surface area contributed by atoms with Crippen LogP contribution in [-0.4, -0.2) is 57.5 Å². The van der Waals surface area contributed by atoms with Gasteiger partial charge in [0, 0.05) is 55.6 Å². The van der Waals surface area contributed by atoms with E-state index < -0.39 is 0 Å². The minimum absolute atomic E-state index is 0.480. The van der Waals surface area contributed by atoms with Crippen LogP contribution in [0.2, 0.25) is 0 Å². The molecule has 0 radical (unpaired) electrons. The first-order chi connectivity index (χ1) is 16.6. The number of anilines is 1. The lowest BCUT2D eigenvalue weighted by Crippen LogP contribution is -2.55. The number of likely N-dealkylation sites (tertiary alicyclic amines) is 1. The molecule has 0 unspecified atom stereocenters. The van der Waals surface area contributed by atoms with E-state index in [1.54, 1.807) is 0 Å². The van der Waals surface area contributed by atoms with Crippen LogP contribution in [0.4, 0.5) is 11.4 Å². The average molecular weight is 448 g/mol. The van der Waals surface area contributed by atoms with Crippen molar-refractivity contribution >= 4 is 11.4 Å². The molecule has 7 rings (SSSR count). The van der Waals surface area contributed by atoms with Gasteiger partial charge in [-0.15, -0.1) is 10.2 Å². The molecule has 3 aliphatic heterocycles. The number of fused-ring (bicyclic) bond motifs is 5. The molecule has 5 heterocycles. The highest BCUT2D eigenvalue weighted by Crippen LogP contribution is 2.41. The fourth-order valence-corrected chi connectivity index (χ4v) is 6.13. The Morgan fingerprint density at radius 2 is 1.85 bits per heavy atom. The summed E-state index contributed by atoms with van der Waals surface area (Å²) in [4.78, 5) is 8.50. The first kappa shape index (κ1) is 19.6. The Kier molecular flexibility index (Phi) is 4.06. The molecule has 2 aromatic carbocycles. The second kappa shape index (κ2) is 7.05. The zero-order valence-corrected chi connectivity index (χ0v) is 19.1. The summed E-state index contributed by atoms with van der Waals surface area (Å²) < 4.78 is 4.39. The van der Waals surface area contributed by atoms with Gasteiger partial charge in [-0.25, -0.2) is 4.85 Å². The van der Waals surface area contributed by atoms with Crippen molar-refractivity contribution in [3.8, 4) is 28.3 Å². The minimum atomic E-state index is 0.480. The highest BCUT2D eigenvalue weighted by atomic mass is 15.3. The number of hydrogen-bond donors (Lipinski definition) is 0. The molecule has 4 aromatic rings. The number of hydrogen-bond acceptors (Lipinski definition) is 4. The molecule has 0 atom stereocenters. The number of aromatic nitrogens is 4. The van der Waals surface area contributed by atoms with Crippen molar-refractivity contribution in [3.63, 3.8) is 0 Å². The molecule has 3 aliphatic rings. The van der Waals surface area contributed by atoms with Crippen molar-refractivity contribution in [2.24, 2.45) is 5.41 Å². The molecule has 0 amide bonds. The summed E-state index contributed by atoms with van der Waals surface area (Å²) in [5, 5.41) is 8.72. The van der Waals surface area contributed by atoms with Crippen LogP contribution in [0.1, 0.15) is 12.0 Å². The Morgan fingerprint density at radius 3 is 2.65 bits per heavy atom. The van der Waals surface area contributed by atoms with Gasteiger partial charge in [-0.2, -0.15) is 0 Å². The predicted octanol–water partition coefficient (Wildman–Crippen LogP) is 4.46. The van der Waals surface area contributed by atoms with Gasteiger partial charge in [0.15, 0.2) is 11.5 Å². The van der Waals surface area contributed by atoms with Gasteiger partial charge in [0.1, 0.15) is 6.33 Å². The van der Waals surface area contributed by atoms with Gasteiger partial charge in [0.2, 0.25) is 0 Å². The van der Waals surface area contributed by atoms with E-state index in [4.69, 9.17) is 6.57 Å². The highest BCUT2D eigenvalue weighted by Gasteiger charge is 2.46. The molecule has 2 fully saturated rings. The smallest absolute Gasteiger partial charge is 0.187 e. The minimum Gasteiger partial charge on any atom is -0.371 e. The van der Waals surface area contributed by atoms with Crippen molar-refractivity contribution in [2.45, 2.75) is 13.0 Å². The first-order valence-corrected chi connectivity index (χ1v) is 11.8. The summed E-state index contributed by atoms with van der Waals surface area (Å²) in [7, 11) is 2.22. The third-order valence-corrected chi connectivity index (χ3v) is 7.68. The Balaban J connectivity index is 1.26. The second-order valence-electron chi connectivity index (χ2n) is 10.1. The van der Waals surface area contributed by atoms with Crippen molar-refractivity contribution in [1.29, 1.82) is 0 Å². The number of nitrogens with zero attached hydrogens (tertiary/aromatic N) is 7. The van der Waals surface area contributed by atoms with Gasteiger partial charge in [-0.05, 0) is 48.9 Å². The lowest BCUT2D eigenvalue weighted by Gasteiger charge is -2.46. The molecule has 0 N–H and O–H groups in total. The summed E-state index contributed by atoms with van der Waals surface area (Å²) in [5.74, 6) is 0.855. The summed E-state index contributed by atoms with van der Waals surface area (Å²) in [6.45, 7) is 12.7. The lowest BCUT2D eigenvalue weighted by atomic mass is 9.79. The Labute approximate surface area is 198 Å². The molecule has 34 heavy (non-hydrogen) atoms. The lowest BCUT2D eigenvalue weighted by molar-refractivity contribution is 0.0424. The van der Waals surface area contributed by atoms with Crippen LogP contribution in [0.3, 0.4) is 0 Å². The highest BCUT2D eigenvalue weighted by molar-refractivity contribution is 5.73. The van der Waals surface area contributed by atoms with Gasteiger partial charge < -0.3 is 14.4 Å². The maximum absolute atomic E-state index is 7.20. The third-order valence-electron chi connectivity index (χ3n) is 7.68. The molecule has 1 spiro atoms. The molecular weight excluding hydrogens is 422 g/mol. The first-order valence-electron chi connectivity index (χ1n) is 11.8. The van der Waals surface area contributed by atoms with Crippen LogP contribution >= 0.6 is 0 Å². The van der Waals surface area contributed by atoms with E-state index in [9.17, 15) is 0 Å². The molecule has 0 aliphatic carbocycles. The fraction of sp³-hybridized carbons (Fsp3) is 0.296. The topological polar surface area (TPSA) is 46.5 Å². The van der Waals surface area contributed by atoms with E-state index >= 15 is 0 Å². The van der Waals surface area contributed by atoms with E-state index in [-0.39, 0.29) is 0 Å². The largest absolute Gasteiger partial charge is 0.371 e. The average Bonchev–Trinajstić information content (AvgIpc) is 3.56. The molecule has 168 valence electrons. The van der Waals surface area contributed by atoms with Crippen molar-refractivity contribution in [1.82, 2.24) is 24.2 Å². The van der Waals surface area contributed by atoms with Gasteiger partial charge in [0.25, 0.3) is 0 Å². The zero-order chi connectivity index (χ0) is 22.9. The van der Waals surface area contributed by atoms with E-state index in [0.717, 1.165) is 48.0 Å². The zero-order valence-electron chi connectivity index (χ0n) is 19.1. The maximum atomic E-state index is 7.20. The molecule has 2 aromatic heterocycles. The Hall–Kier alpha value is -3.89. The van der Waals surface area contributed by atoms with Gasteiger partial charge in [-0.1, -0.05) is 24.3 Å². The molecule has 7 nitrogen and oxygen atoms in total. The number of rotatable bonds is 2. The molecule has 0 bridgehead atoms. The second-order valence-corrected chi connectivity index (χ2v) is 10.1. The normalized spacial score (nSPS) is 18.1. The maximum Gasteiger partial charge on any atom is 0.187 e. The summed E-state index contributed by atoms with van der Waals surface area (Å²) in [6.07, 6.45) is 5.29. The summed E-state index contributed by atoms with van der Waals surface area (Å²) in [5.41, 5.74) is 8.14. The predicted molar refractivity (Wildman–Crippen MR) is 132 cm³/mol. The van der Waals surface area contributed by atoms with E-state index in [0.29, 0.717) is 11.1 Å². The third kappa shape index (κ3) is 2.92. The van der Waals surface area contributed by atoms with E-state index in [1.165, 1.54) is 30.8 Å². The van der Waals surface area contributed by atoms with E-state index in [1.807, 2.05) is 30.6 Å². The molecule has 7 heteroatoms. The van der Waals surface area contributed by atoms with Crippen LogP contribution in [-0.2, 0) is 6.54 Å². The number of benzene rings is 2. The quantitative estimate of drug-likeness (QED) is 0.375. The fourth-order valence-electron chi connectivity index (χ4n) is 6.13. The summed E-state index contributed by atoms with van der Waals surface area (Å²) in [6, 6.07) is 16.8. The molecule has 2 saturated heterocycles. The Bertz CT molecular complexity index is 1450.